The van der Waals surface area contributed by atoms with E-state index in [4.69, 9.17) is 82.8 Å². The molecule has 21 N–H and O–H groups in total. The number of nitrogens with one attached hydrogen (secondary N) is 3. The number of rotatable bonds is 26. The molecule has 5 aliphatic rings. The fourth-order valence-corrected chi connectivity index (χ4v) is 16.2. The van der Waals surface area contributed by atoms with E-state index >= 15 is 0 Å². The molecule has 0 bridgehead atoms. The van der Waals surface area contributed by atoms with Crippen LogP contribution in [-0.2, 0) is 78.1 Å². The van der Waals surface area contributed by atoms with Gasteiger partial charge >= 0.3 is 37.0 Å². The number of phosphoric acid groups is 4. The lowest BCUT2D eigenvalue weighted by Crippen LogP contribution is -2.39. The van der Waals surface area contributed by atoms with Crippen molar-refractivity contribution in [3.63, 3.8) is 0 Å². The zero-order valence-corrected chi connectivity index (χ0v) is 56.8. The van der Waals surface area contributed by atoms with Gasteiger partial charge in [0.25, 0.3) is 16.7 Å². The Morgan fingerprint density at radius 2 is 0.840 bits per heavy atom. The van der Waals surface area contributed by atoms with E-state index in [0.717, 1.165) is 53.0 Å². The second kappa shape index (κ2) is 28.7. The van der Waals surface area contributed by atoms with Gasteiger partial charge in [0, 0.05) is 18.7 Å². The summed E-state index contributed by atoms with van der Waals surface area (Å²) in [6.45, 7) is -5.71. The van der Waals surface area contributed by atoms with Crippen molar-refractivity contribution < 1.29 is 128 Å². The quantitative estimate of drug-likeness (QED) is 0.0224. The number of H-pyrrole nitrogens is 3. The third-order valence-electron chi connectivity index (χ3n) is 17.2. The number of aromatic nitrogens is 18. The van der Waals surface area contributed by atoms with Crippen molar-refractivity contribution in [1.82, 2.24) is 87.6 Å². The molecule has 572 valence electrons. The van der Waals surface area contributed by atoms with E-state index in [1.165, 1.54) is 15.5 Å². The van der Waals surface area contributed by atoms with E-state index < -0.39 is 215 Å². The first kappa shape index (κ1) is 74.5. The maximum atomic E-state index is 14.4. The number of aromatic amines is 3. The van der Waals surface area contributed by atoms with Crippen LogP contribution in [0.25, 0.3) is 44.7 Å². The largest absolute Gasteiger partial charge is 0.472 e. The predicted molar refractivity (Wildman–Crippen MR) is 340 cm³/mol. The van der Waals surface area contributed by atoms with Gasteiger partial charge in [-0.3, -0.25) is 88.4 Å². The van der Waals surface area contributed by atoms with Crippen molar-refractivity contribution >= 4 is 99.5 Å². The molecule has 53 nitrogen and oxygen atoms in total. The molecule has 5 aliphatic heterocycles. The van der Waals surface area contributed by atoms with Crippen LogP contribution in [0.15, 0.2) is 69.4 Å². The highest BCUT2D eigenvalue weighted by atomic mass is 31.2. The van der Waals surface area contributed by atoms with Gasteiger partial charge in [0.15, 0.2) is 70.2 Å². The summed E-state index contributed by atoms with van der Waals surface area (Å²) in [5.41, 5.74) is 18.7. The lowest BCUT2D eigenvalue weighted by atomic mass is 10.1. The van der Waals surface area contributed by atoms with E-state index in [2.05, 4.69) is 59.8 Å². The number of ether oxygens (including phenoxy) is 5. The van der Waals surface area contributed by atoms with Gasteiger partial charge in [-0.2, -0.15) is 9.97 Å². The molecule has 106 heavy (non-hydrogen) atoms. The topological polar surface area (TPSA) is 764 Å². The van der Waals surface area contributed by atoms with Gasteiger partial charge in [-0.15, -0.1) is 0 Å². The summed E-state index contributed by atoms with van der Waals surface area (Å²) in [7, 11) is -22.7. The summed E-state index contributed by atoms with van der Waals surface area (Å²) < 4.78 is 134. The fraction of sp³-hybridized carbons (Fsp3) is 0.510. The molecule has 57 heteroatoms. The monoisotopic (exact) mass is 1580 g/mol. The molecule has 0 amide bonds. The van der Waals surface area contributed by atoms with Crippen molar-refractivity contribution in [2.24, 2.45) is 0 Å². The van der Waals surface area contributed by atoms with Crippen molar-refractivity contribution in [3.8, 4) is 0 Å². The minimum absolute atomic E-state index is 0.0300. The average molecular weight is 1580 g/mol. The summed E-state index contributed by atoms with van der Waals surface area (Å²) in [5.74, 6) is -0.967. The highest BCUT2D eigenvalue weighted by molar-refractivity contribution is 7.48. The summed E-state index contributed by atoms with van der Waals surface area (Å²) in [6.07, 6.45) is -28.8. The summed E-state index contributed by atoms with van der Waals surface area (Å²) in [5, 5.41) is 67.9. The van der Waals surface area contributed by atoms with Crippen LogP contribution >= 0.6 is 31.3 Å². The first-order valence-corrected chi connectivity index (χ1v) is 36.8. The zero-order valence-electron chi connectivity index (χ0n) is 53.2. The number of phosphoric ester groups is 4. The minimum Gasteiger partial charge on any atom is -0.394 e. The second-order valence-corrected chi connectivity index (χ2v) is 29.5. The van der Waals surface area contributed by atoms with Crippen LogP contribution < -0.4 is 45.3 Å². The molecule has 0 spiro atoms. The number of nitrogen functional groups attached to an aromatic ring is 4. The molecule has 5 saturated heterocycles. The van der Waals surface area contributed by atoms with Crippen molar-refractivity contribution in [2.45, 2.75) is 123 Å². The summed E-state index contributed by atoms with van der Waals surface area (Å²) >= 11 is 0. The van der Waals surface area contributed by atoms with Crippen LogP contribution in [0.5, 0.6) is 0 Å². The predicted octanol–water partition coefficient (Wildman–Crippen LogP) is -6.51. The molecule has 9 aromatic rings. The molecule has 0 radical (unpaired) electrons. The minimum atomic E-state index is -5.87. The molecule has 0 aromatic carbocycles. The second-order valence-electron chi connectivity index (χ2n) is 23.9. The van der Waals surface area contributed by atoms with Crippen molar-refractivity contribution in [3.05, 3.63) is 91.8 Å². The molecular formula is C49H60N22O31P4. The smallest absolute Gasteiger partial charge is 0.394 e. The Hall–Kier alpha value is -8.32. The van der Waals surface area contributed by atoms with Gasteiger partial charge < -0.3 is 96.8 Å². The van der Waals surface area contributed by atoms with Crippen molar-refractivity contribution in [1.29, 1.82) is 0 Å². The van der Waals surface area contributed by atoms with Gasteiger partial charge in [0.1, 0.15) is 115 Å². The Labute approximate surface area is 584 Å². The lowest BCUT2D eigenvalue weighted by molar-refractivity contribution is -0.0647. The van der Waals surface area contributed by atoms with Crippen LogP contribution in [0.3, 0.4) is 0 Å². The Morgan fingerprint density at radius 1 is 0.453 bits per heavy atom. The molecule has 23 atom stereocenters. The van der Waals surface area contributed by atoms with Gasteiger partial charge in [-0.1, -0.05) is 0 Å². The zero-order chi connectivity index (χ0) is 75.4. The van der Waals surface area contributed by atoms with Gasteiger partial charge in [-0.05, 0) is 0 Å². The van der Waals surface area contributed by atoms with Crippen LogP contribution in [0.2, 0.25) is 0 Å². The summed E-state index contributed by atoms with van der Waals surface area (Å²) in [6, 6.07) is 0.814. The van der Waals surface area contributed by atoms with Crippen LogP contribution in [0.1, 0.15) is 37.6 Å². The maximum absolute atomic E-state index is 14.4. The lowest BCUT2D eigenvalue weighted by Gasteiger charge is -2.27. The normalized spacial score (nSPS) is 31.5. The van der Waals surface area contributed by atoms with Crippen LogP contribution in [0, 0.1) is 0 Å². The number of nitrogens with two attached hydrogens (primary N) is 4. The third-order valence-corrected chi connectivity index (χ3v) is 21.2. The standard InChI is InChI=1S/C49H60N22O31P4/c50-35-23-37(56-9-54-35)69(12-58-23)43-28(75)27(74)17(95-43)5-90-104(84,85)101-33-19(97-45(30(33)77)70-13-59-24-36(51)55-10-57-38(24)70)7-92-106(88,89)102-34-20(98-46(31(34)78)71-14-61-26-40(71)64-48(53)66-42(26)80)8-93-105(86,87)100-32-18(96-44(29(32)76)67-2-1-21(73)62-49(67)81)6-91-103(82,83)99-15-3-22(94-16(15)4-72)68-11-60-25-39(68)63-47(52)65-41(25)79/h1-2,9-20,22,27-34,43-46,72,74-78H,3-8H2,(H,82,83)(H,84,85)(H,86,87)(H,88,89)(H2,50,54,56)(H2,51,55,57)(H,62,73,81)(H3,52,63,65,79)(H3,53,64,66,80)/t15-,16+,17+,18+,19+,20+,22+,27+,28+,29+,30+,31+,32+,33+,34+,43+,44+,45+,46+/m0/s1. The molecule has 0 saturated carbocycles. The molecule has 14 heterocycles. The molecule has 14 rings (SSSR count). The molecule has 5 fully saturated rings. The Bertz CT molecular complexity index is 5270. The number of hydrogen-bond acceptors (Lipinski definition) is 41. The van der Waals surface area contributed by atoms with Gasteiger partial charge in [0.2, 0.25) is 11.9 Å². The number of fused-ring (bicyclic) bond motifs is 4. The average Bonchev–Trinajstić information content (AvgIpc) is 1.63. The van der Waals surface area contributed by atoms with Crippen LogP contribution in [-0.4, -0.2) is 256 Å². The number of nitrogens with zero attached hydrogens (tertiary/aromatic N) is 15. The summed E-state index contributed by atoms with van der Waals surface area (Å²) in [4.78, 5) is 142. The Morgan fingerprint density at radius 3 is 1.29 bits per heavy atom. The molecule has 0 aliphatic carbocycles. The van der Waals surface area contributed by atoms with E-state index in [1.54, 1.807) is 0 Å². The Kier molecular flexibility index (Phi) is 20.2. The SMILES string of the molecule is Nc1nc2c(ncn2[C@@H]2O[C@H](COP(=O)(O)O[C@H]3[C@@H](O)[C@H](n4ccc(=O)[nH]c4=O)O[C@@H]3COP(=O)(O)O[C@H]3C[C@H](n4cnc5c(=O)[nH]c(N)nc54)O[C@@H]3CO)[C@@H](OP(=O)(O)OC[C@H]3O[C@@H](n4cnc5c(N)ncnc54)[C@H](O)[C@@H]3OP(=O)(O)OC[C@H]3O[C@@H](n4cnc5c(N)ncnc54)[C@H](O)[C@@H]3O)[C@H]2O)c(=O)[nH]1. The number of imidazole rings is 4. The van der Waals surface area contributed by atoms with E-state index in [0.29, 0.717) is 4.57 Å². The van der Waals surface area contributed by atoms with E-state index in [-0.39, 0.29) is 63.1 Å². The van der Waals surface area contributed by atoms with Crippen LogP contribution in [0.4, 0.5) is 23.5 Å². The fourth-order valence-electron chi connectivity index (χ4n) is 12.3. The number of aliphatic hydroxyl groups excluding tert-OH is 6. The van der Waals surface area contributed by atoms with E-state index in [1.807, 2.05) is 4.98 Å². The van der Waals surface area contributed by atoms with Crippen molar-refractivity contribution in [2.75, 3.05) is 56.0 Å². The third kappa shape index (κ3) is 14.6. The van der Waals surface area contributed by atoms with Gasteiger partial charge in [-0.25, -0.2) is 62.9 Å². The number of hydrogen-bond donors (Lipinski definition) is 17. The van der Waals surface area contributed by atoms with E-state index in [9.17, 15) is 87.7 Å². The number of anilines is 4. The Balaban J connectivity index is 0.689. The van der Waals surface area contributed by atoms with Gasteiger partial charge in [0.05, 0.1) is 58.3 Å². The number of aliphatic hydroxyl groups is 6. The maximum Gasteiger partial charge on any atom is 0.472 e. The highest BCUT2D eigenvalue weighted by Gasteiger charge is 2.56. The first-order chi connectivity index (χ1) is 50.2. The molecule has 4 unspecified atom stereocenters. The highest BCUT2D eigenvalue weighted by Crippen LogP contribution is 2.55. The molecule has 9 aromatic heterocycles. The first-order valence-electron chi connectivity index (χ1n) is 30.8. The molecular weight excluding hydrogens is 1520 g/mol.